The van der Waals surface area contributed by atoms with E-state index in [1.54, 1.807) is 13.8 Å². The van der Waals surface area contributed by atoms with Crippen LogP contribution in [-0.4, -0.2) is 32.0 Å². The van der Waals surface area contributed by atoms with Crippen LogP contribution in [0.2, 0.25) is 0 Å². The maximum absolute atomic E-state index is 11.6. The van der Waals surface area contributed by atoms with E-state index in [1.165, 1.54) is 0 Å². The van der Waals surface area contributed by atoms with E-state index in [2.05, 4.69) is 26.1 Å². The van der Waals surface area contributed by atoms with Gasteiger partial charge >= 0.3 is 0 Å². The van der Waals surface area contributed by atoms with E-state index in [-0.39, 0.29) is 5.25 Å². The van der Waals surface area contributed by atoms with Gasteiger partial charge in [0.1, 0.15) is 0 Å². The molecular formula is C13H29NO2S. The quantitative estimate of drug-likeness (QED) is 0.650. The molecule has 0 bridgehead atoms. The SMILES string of the molecule is CCNC(CCCCS(=O)(=O)C(C)C)C(C)C. The maximum atomic E-state index is 11.6. The van der Waals surface area contributed by atoms with Crippen LogP contribution in [0.15, 0.2) is 0 Å². The molecule has 1 atom stereocenters. The maximum Gasteiger partial charge on any atom is 0.152 e. The fourth-order valence-electron chi connectivity index (χ4n) is 1.84. The van der Waals surface area contributed by atoms with Crippen molar-refractivity contribution in [2.45, 2.75) is 65.2 Å². The Morgan fingerprint density at radius 3 is 2.06 bits per heavy atom. The molecule has 1 N–H and O–H groups in total. The van der Waals surface area contributed by atoms with Crippen molar-refractivity contribution in [2.75, 3.05) is 12.3 Å². The minimum absolute atomic E-state index is 0.239. The first-order valence-electron chi connectivity index (χ1n) is 6.76. The van der Waals surface area contributed by atoms with E-state index in [0.717, 1.165) is 25.8 Å². The second kappa shape index (κ2) is 8.09. The molecule has 0 heterocycles. The number of rotatable bonds is 9. The zero-order valence-electron chi connectivity index (χ0n) is 12.0. The first-order chi connectivity index (χ1) is 7.81. The van der Waals surface area contributed by atoms with Crippen molar-refractivity contribution in [3.63, 3.8) is 0 Å². The van der Waals surface area contributed by atoms with Crippen molar-refractivity contribution in [1.82, 2.24) is 5.32 Å². The molecule has 0 aromatic heterocycles. The molecule has 17 heavy (non-hydrogen) atoms. The summed E-state index contributed by atoms with van der Waals surface area (Å²) in [4.78, 5) is 0. The summed E-state index contributed by atoms with van der Waals surface area (Å²) in [7, 11) is -2.85. The fourth-order valence-corrected chi connectivity index (χ4v) is 2.91. The Morgan fingerprint density at radius 1 is 1.06 bits per heavy atom. The number of nitrogens with one attached hydrogen (secondary N) is 1. The second-order valence-electron chi connectivity index (χ2n) is 5.32. The van der Waals surface area contributed by atoms with Gasteiger partial charge in [-0.1, -0.05) is 27.2 Å². The number of hydrogen-bond donors (Lipinski definition) is 1. The molecule has 0 aromatic rings. The van der Waals surface area contributed by atoms with Gasteiger partial charge in [0.2, 0.25) is 0 Å². The molecule has 0 saturated heterocycles. The second-order valence-corrected chi connectivity index (χ2v) is 8.00. The highest BCUT2D eigenvalue weighted by Crippen LogP contribution is 2.12. The fraction of sp³-hybridized carbons (Fsp3) is 1.00. The van der Waals surface area contributed by atoms with Crippen LogP contribution in [0.1, 0.15) is 53.9 Å². The summed E-state index contributed by atoms with van der Waals surface area (Å²) in [6.45, 7) is 11.0. The monoisotopic (exact) mass is 263 g/mol. The van der Waals surface area contributed by atoms with Crippen molar-refractivity contribution < 1.29 is 8.42 Å². The summed E-state index contributed by atoms with van der Waals surface area (Å²) >= 11 is 0. The van der Waals surface area contributed by atoms with Gasteiger partial charge in [0, 0.05) is 6.04 Å². The summed E-state index contributed by atoms with van der Waals surface area (Å²) in [5.41, 5.74) is 0. The smallest absolute Gasteiger partial charge is 0.152 e. The molecule has 0 radical (unpaired) electrons. The zero-order chi connectivity index (χ0) is 13.5. The van der Waals surface area contributed by atoms with Crippen LogP contribution in [0.4, 0.5) is 0 Å². The van der Waals surface area contributed by atoms with E-state index in [9.17, 15) is 8.42 Å². The lowest BCUT2D eigenvalue weighted by atomic mass is 9.98. The lowest BCUT2D eigenvalue weighted by Gasteiger charge is -2.21. The number of sulfone groups is 1. The highest BCUT2D eigenvalue weighted by Gasteiger charge is 2.16. The van der Waals surface area contributed by atoms with E-state index < -0.39 is 9.84 Å². The average molecular weight is 263 g/mol. The molecule has 0 amide bonds. The Bertz CT molecular complexity index is 284. The minimum Gasteiger partial charge on any atom is -0.314 e. The van der Waals surface area contributed by atoms with Gasteiger partial charge in [0.25, 0.3) is 0 Å². The number of hydrogen-bond acceptors (Lipinski definition) is 3. The average Bonchev–Trinajstić information content (AvgIpc) is 2.22. The molecule has 3 nitrogen and oxygen atoms in total. The van der Waals surface area contributed by atoms with Gasteiger partial charge in [0.05, 0.1) is 11.0 Å². The highest BCUT2D eigenvalue weighted by molar-refractivity contribution is 7.91. The molecule has 1 unspecified atom stereocenters. The van der Waals surface area contributed by atoms with Gasteiger partial charge in [-0.15, -0.1) is 0 Å². The van der Waals surface area contributed by atoms with Gasteiger partial charge in [-0.25, -0.2) is 8.42 Å². The normalized spacial score (nSPS) is 14.5. The summed E-state index contributed by atoms with van der Waals surface area (Å²) in [5.74, 6) is 0.943. The largest absolute Gasteiger partial charge is 0.314 e. The van der Waals surface area contributed by atoms with Crippen molar-refractivity contribution in [1.29, 1.82) is 0 Å². The van der Waals surface area contributed by atoms with Gasteiger partial charge in [-0.2, -0.15) is 0 Å². The molecule has 4 heteroatoms. The molecule has 0 aromatic carbocycles. The minimum atomic E-state index is -2.85. The van der Waals surface area contributed by atoms with E-state index in [4.69, 9.17) is 0 Å². The zero-order valence-corrected chi connectivity index (χ0v) is 12.8. The van der Waals surface area contributed by atoms with Crippen LogP contribution in [0.25, 0.3) is 0 Å². The van der Waals surface area contributed by atoms with Crippen LogP contribution < -0.4 is 5.32 Å². The van der Waals surface area contributed by atoms with Crippen molar-refractivity contribution in [3.8, 4) is 0 Å². The third-order valence-electron chi connectivity index (χ3n) is 3.18. The lowest BCUT2D eigenvalue weighted by Crippen LogP contribution is -2.33. The van der Waals surface area contributed by atoms with Crippen LogP contribution in [0.3, 0.4) is 0 Å². The van der Waals surface area contributed by atoms with Gasteiger partial charge in [-0.3, -0.25) is 0 Å². The third kappa shape index (κ3) is 7.04. The predicted molar refractivity (Wildman–Crippen MR) is 75.1 cm³/mol. The molecule has 0 spiro atoms. The van der Waals surface area contributed by atoms with Gasteiger partial charge < -0.3 is 5.32 Å². The highest BCUT2D eigenvalue weighted by atomic mass is 32.2. The predicted octanol–water partition coefficient (Wildman–Crippen LogP) is 2.61. The Hall–Kier alpha value is -0.0900. The van der Waals surface area contributed by atoms with Crippen LogP contribution in [0, 0.1) is 5.92 Å². The Labute approximate surface area is 107 Å². The molecule has 104 valence electrons. The molecule has 0 aliphatic rings. The lowest BCUT2D eigenvalue weighted by molar-refractivity contribution is 0.375. The summed E-state index contributed by atoms with van der Waals surface area (Å²) in [5, 5.41) is 3.21. The topological polar surface area (TPSA) is 46.2 Å². The van der Waals surface area contributed by atoms with Crippen LogP contribution in [0.5, 0.6) is 0 Å². The molecular weight excluding hydrogens is 234 g/mol. The molecule has 0 aliphatic heterocycles. The number of unbranched alkanes of at least 4 members (excludes halogenated alkanes) is 1. The van der Waals surface area contributed by atoms with E-state index >= 15 is 0 Å². The van der Waals surface area contributed by atoms with Gasteiger partial charge in [0.15, 0.2) is 9.84 Å². The van der Waals surface area contributed by atoms with Crippen LogP contribution >= 0.6 is 0 Å². The molecule has 0 saturated carbocycles. The standard InChI is InChI=1S/C13H29NO2S/c1-6-14-13(11(2)3)9-7-8-10-17(15,16)12(4)5/h11-14H,6-10H2,1-5H3. The van der Waals surface area contributed by atoms with E-state index in [1.807, 2.05) is 0 Å². The Morgan fingerprint density at radius 2 is 1.65 bits per heavy atom. The van der Waals surface area contributed by atoms with Crippen molar-refractivity contribution >= 4 is 9.84 Å². The van der Waals surface area contributed by atoms with Gasteiger partial charge in [-0.05, 0) is 39.2 Å². The van der Waals surface area contributed by atoms with Crippen LogP contribution in [-0.2, 0) is 9.84 Å². The Balaban J connectivity index is 3.91. The summed E-state index contributed by atoms with van der Waals surface area (Å²) in [6, 6.07) is 0.516. The Kier molecular flexibility index (Phi) is 8.05. The molecule has 0 aliphatic carbocycles. The summed E-state index contributed by atoms with van der Waals surface area (Å²) < 4.78 is 23.2. The van der Waals surface area contributed by atoms with E-state index in [0.29, 0.717) is 17.7 Å². The first kappa shape index (κ1) is 16.9. The first-order valence-corrected chi connectivity index (χ1v) is 8.47. The van der Waals surface area contributed by atoms with Crippen molar-refractivity contribution in [3.05, 3.63) is 0 Å². The third-order valence-corrected chi connectivity index (χ3v) is 5.48. The molecule has 0 fully saturated rings. The summed E-state index contributed by atoms with van der Waals surface area (Å²) in [6.07, 6.45) is 2.84. The molecule has 0 rings (SSSR count). The van der Waals surface area contributed by atoms with Crippen molar-refractivity contribution in [2.24, 2.45) is 5.92 Å².